The number of likely N-dealkylation sites (tertiary alicyclic amines) is 1. The number of ether oxygens (including phenoxy) is 2. The van der Waals surface area contributed by atoms with Crippen molar-refractivity contribution in [3.8, 4) is 0 Å². The summed E-state index contributed by atoms with van der Waals surface area (Å²) in [6, 6.07) is -0.159. The van der Waals surface area contributed by atoms with Crippen molar-refractivity contribution >= 4 is 17.2 Å². The van der Waals surface area contributed by atoms with E-state index >= 15 is 0 Å². The van der Waals surface area contributed by atoms with Crippen LogP contribution in [0.25, 0.3) is 0 Å². The van der Waals surface area contributed by atoms with Crippen molar-refractivity contribution < 1.29 is 18.8 Å². The minimum Gasteiger partial charge on any atom is -0.381 e. The zero-order valence-electron chi connectivity index (χ0n) is 17.1. The van der Waals surface area contributed by atoms with Crippen LogP contribution in [-0.2, 0) is 15.9 Å². The van der Waals surface area contributed by atoms with Crippen LogP contribution in [0.2, 0.25) is 0 Å². The number of aromatic nitrogens is 3. The average molecular weight is 421 g/mol. The van der Waals surface area contributed by atoms with Crippen molar-refractivity contribution in [1.82, 2.24) is 20.0 Å². The maximum atomic E-state index is 13.0. The first-order valence-electron chi connectivity index (χ1n) is 10.3. The van der Waals surface area contributed by atoms with Gasteiger partial charge in [-0.15, -0.1) is 11.3 Å². The molecule has 0 bridgehead atoms. The molecule has 4 rings (SSSR count). The Labute approximate surface area is 174 Å². The predicted molar refractivity (Wildman–Crippen MR) is 107 cm³/mol. The molecule has 158 valence electrons. The number of hydrogen-bond acceptors (Lipinski definition) is 8. The van der Waals surface area contributed by atoms with Gasteiger partial charge in [0.15, 0.2) is 5.82 Å². The Morgan fingerprint density at radius 2 is 2.07 bits per heavy atom. The van der Waals surface area contributed by atoms with Crippen molar-refractivity contribution in [3.05, 3.63) is 27.3 Å². The molecule has 4 heterocycles. The number of amides is 1. The second-order valence-electron chi connectivity index (χ2n) is 7.73. The Bertz CT molecular complexity index is 830. The van der Waals surface area contributed by atoms with E-state index < -0.39 is 0 Å². The van der Waals surface area contributed by atoms with Crippen LogP contribution >= 0.6 is 11.3 Å². The van der Waals surface area contributed by atoms with Crippen molar-refractivity contribution in [2.45, 2.75) is 52.0 Å². The molecule has 8 nitrogen and oxygen atoms in total. The minimum atomic E-state index is -0.159. The Balaban J connectivity index is 1.32. The highest BCUT2D eigenvalue weighted by atomic mass is 32.1. The van der Waals surface area contributed by atoms with Gasteiger partial charge in [0, 0.05) is 32.8 Å². The number of thiazole rings is 1. The van der Waals surface area contributed by atoms with E-state index in [0.29, 0.717) is 42.1 Å². The molecule has 0 aliphatic carbocycles. The number of nitrogens with zero attached hydrogens (tertiary/aromatic N) is 4. The van der Waals surface area contributed by atoms with E-state index in [4.69, 9.17) is 14.0 Å². The first-order chi connectivity index (χ1) is 14.1. The molecule has 9 heteroatoms. The SMILES string of the molecule is Cc1nc(C)c(C(=O)N2CCCC2c2nc(CCOCC3CCOCC3)no2)s1. The van der Waals surface area contributed by atoms with Gasteiger partial charge in [0.25, 0.3) is 5.91 Å². The molecule has 0 aromatic carbocycles. The van der Waals surface area contributed by atoms with Crippen LogP contribution < -0.4 is 0 Å². The van der Waals surface area contributed by atoms with Crippen LogP contribution in [0.15, 0.2) is 4.52 Å². The van der Waals surface area contributed by atoms with Crippen molar-refractivity contribution in [1.29, 1.82) is 0 Å². The summed E-state index contributed by atoms with van der Waals surface area (Å²) in [7, 11) is 0. The topological polar surface area (TPSA) is 90.6 Å². The van der Waals surface area contributed by atoms with E-state index in [0.717, 1.165) is 56.2 Å². The standard InChI is InChI=1S/C20H28N4O4S/c1-13-18(29-14(2)21-13)20(25)24-8-3-4-16(24)19-22-17(23-28-19)7-11-27-12-15-5-9-26-10-6-15/h15-16H,3-12H2,1-2H3. The molecule has 0 saturated carbocycles. The fourth-order valence-electron chi connectivity index (χ4n) is 3.96. The Kier molecular flexibility index (Phi) is 6.56. The third-order valence-corrected chi connectivity index (χ3v) is 6.61. The van der Waals surface area contributed by atoms with Gasteiger partial charge in [0.2, 0.25) is 5.89 Å². The third kappa shape index (κ3) is 4.84. The number of carbonyl (C=O) groups excluding carboxylic acids is 1. The fraction of sp³-hybridized carbons (Fsp3) is 0.700. The molecule has 2 aromatic heterocycles. The van der Waals surface area contributed by atoms with Crippen molar-refractivity contribution in [2.24, 2.45) is 5.92 Å². The highest BCUT2D eigenvalue weighted by molar-refractivity contribution is 7.13. The van der Waals surface area contributed by atoms with Gasteiger partial charge >= 0.3 is 0 Å². The van der Waals surface area contributed by atoms with Crippen LogP contribution in [0.4, 0.5) is 0 Å². The Morgan fingerprint density at radius 3 is 2.83 bits per heavy atom. The van der Waals surface area contributed by atoms with Gasteiger partial charge < -0.3 is 18.9 Å². The largest absolute Gasteiger partial charge is 0.381 e. The van der Waals surface area contributed by atoms with Crippen LogP contribution in [-0.4, -0.2) is 58.9 Å². The molecule has 29 heavy (non-hydrogen) atoms. The van der Waals surface area contributed by atoms with E-state index in [1.54, 1.807) is 0 Å². The summed E-state index contributed by atoms with van der Waals surface area (Å²) in [6.07, 6.45) is 4.51. The predicted octanol–water partition coefficient (Wildman–Crippen LogP) is 3.11. The maximum Gasteiger partial charge on any atom is 0.266 e. The van der Waals surface area contributed by atoms with Crippen molar-refractivity contribution in [2.75, 3.05) is 33.0 Å². The molecule has 2 aromatic rings. The molecular weight excluding hydrogens is 392 g/mol. The summed E-state index contributed by atoms with van der Waals surface area (Å²) >= 11 is 1.44. The fourth-order valence-corrected chi connectivity index (χ4v) is 4.83. The molecule has 0 N–H and O–H groups in total. The summed E-state index contributed by atoms with van der Waals surface area (Å²) < 4.78 is 16.7. The van der Waals surface area contributed by atoms with E-state index in [9.17, 15) is 4.79 Å². The third-order valence-electron chi connectivity index (χ3n) is 5.54. The van der Waals surface area contributed by atoms with Gasteiger partial charge in [0.05, 0.1) is 17.3 Å². The normalized spacial score (nSPS) is 20.5. The first kappa shape index (κ1) is 20.4. The number of aryl methyl sites for hydroxylation is 2. The van der Waals surface area contributed by atoms with Gasteiger partial charge in [-0.05, 0) is 45.4 Å². The lowest BCUT2D eigenvalue weighted by Crippen LogP contribution is -2.30. The summed E-state index contributed by atoms with van der Waals surface area (Å²) in [6.45, 7) is 7.50. The molecule has 2 fully saturated rings. The molecule has 1 atom stereocenters. The monoisotopic (exact) mass is 420 g/mol. The molecule has 1 unspecified atom stereocenters. The second-order valence-corrected chi connectivity index (χ2v) is 8.94. The zero-order chi connectivity index (χ0) is 20.2. The van der Waals surface area contributed by atoms with Crippen LogP contribution in [0.3, 0.4) is 0 Å². The lowest BCUT2D eigenvalue weighted by molar-refractivity contribution is 0.0211. The zero-order valence-corrected chi connectivity index (χ0v) is 17.9. The van der Waals surface area contributed by atoms with Crippen molar-refractivity contribution in [3.63, 3.8) is 0 Å². The molecule has 2 aliphatic heterocycles. The summed E-state index contributed by atoms with van der Waals surface area (Å²) in [4.78, 5) is 24.5. The van der Waals surface area contributed by atoms with Crippen LogP contribution in [0.5, 0.6) is 0 Å². The molecule has 2 aliphatic rings. The highest BCUT2D eigenvalue weighted by Crippen LogP contribution is 2.33. The number of carbonyl (C=O) groups is 1. The van der Waals surface area contributed by atoms with Gasteiger partial charge in [0.1, 0.15) is 10.9 Å². The molecule has 0 spiro atoms. The van der Waals surface area contributed by atoms with Gasteiger partial charge in [-0.1, -0.05) is 5.16 Å². The lowest BCUT2D eigenvalue weighted by atomic mass is 10.0. The van der Waals surface area contributed by atoms with Gasteiger partial charge in [-0.2, -0.15) is 4.98 Å². The van der Waals surface area contributed by atoms with E-state index in [1.807, 2.05) is 18.7 Å². The number of rotatable bonds is 7. The van der Waals surface area contributed by atoms with Gasteiger partial charge in [-0.25, -0.2) is 4.98 Å². The van der Waals surface area contributed by atoms with E-state index in [1.165, 1.54) is 11.3 Å². The van der Waals surface area contributed by atoms with Crippen LogP contribution in [0.1, 0.15) is 63.8 Å². The molecule has 2 saturated heterocycles. The maximum absolute atomic E-state index is 13.0. The van der Waals surface area contributed by atoms with E-state index in [-0.39, 0.29) is 11.9 Å². The molecule has 1 amide bonds. The molecular formula is C20H28N4O4S. The lowest BCUT2D eigenvalue weighted by Gasteiger charge is -2.21. The van der Waals surface area contributed by atoms with E-state index in [2.05, 4.69) is 15.1 Å². The summed E-state index contributed by atoms with van der Waals surface area (Å²) in [5.74, 6) is 1.75. The summed E-state index contributed by atoms with van der Waals surface area (Å²) in [5, 5.41) is 5.00. The minimum absolute atomic E-state index is 0.00939. The van der Waals surface area contributed by atoms with Crippen LogP contribution in [0, 0.1) is 19.8 Å². The Morgan fingerprint density at radius 1 is 1.24 bits per heavy atom. The average Bonchev–Trinajstić information content (AvgIpc) is 3.45. The summed E-state index contributed by atoms with van der Waals surface area (Å²) in [5.41, 5.74) is 0.788. The molecule has 0 radical (unpaired) electrons. The number of hydrogen-bond donors (Lipinski definition) is 0. The Hall–Kier alpha value is -1.84. The quantitative estimate of drug-likeness (QED) is 0.636. The first-order valence-corrected chi connectivity index (χ1v) is 11.2. The smallest absolute Gasteiger partial charge is 0.266 e. The second kappa shape index (κ2) is 9.32. The van der Waals surface area contributed by atoms with Gasteiger partial charge in [-0.3, -0.25) is 4.79 Å². The highest BCUT2D eigenvalue weighted by Gasteiger charge is 2.35.